The van der Waals surface area contributed by atoms with Crippen LogP contribution in [0.5, 0.6) is 0 Å². The van der Waals surface area contributed by atoms with Crippen LogP contribution in [0.1, 0.15) is 47.0 Å². The zero-order valence-corrected chi connectivity index (χ0v) is 12.6. The molecule has 112 valence electrons. The van der Waals surface area contributed by atoms with E-state index in [1.54, 1.807) is 4.90 Å². The molecule has 1 unspecified atom stereocenters. The van der Waals surface area contributed by atoms with E-state index in [0.29, 0.717) is 31.3 Å². The molecule has 0 fully saturated rings. The molecule has 0 aliphatic carbocycles. The van der Waals surface area contributed by atoms with E-state index in [1.165, 1.54) is 0 Å². The van der Waals surface area contributed by atoms with E-state index in [0.717, 1.165) is 13.0 Å². The topological polar surface area (TPSA) is 69.6 Å². The number of hydrogen-bond acceptors (Lipinski definition) is 2. The molecule has 0 aliphatic heterocycles. The van der Waals surface area contributed by atoms with Crippen LogP contribution < -0.4 is 5.32 Å². The molecule has 0 saturated carbocycles. The van der Waals surface area contributed by atoms with Gasteiger partial charge >= 0.3 is 12.0 Å². The molecule has 1 atom stereocenters. The van der Waals surface area contributed by atoms with Gasteiger partial charge in [-0.1, -0.05) is 20.8 Å². The first-order valence-corrected chi connectivity index (χ1v) is 7.11. The van der Waals surface area contributed by atoms with Crippen LogP contribution in [0, 0.1) is 11.8 Å². The first-order chi connectivity index (χ1) is 8.86. The number of urea groups is 1. The number of carboxylic acids is 1. The second-order valence-corrected chi connectivity index (χ2v) is 5.49. The van der Waals surface area contributed by atoms with Crippen molar-refractivity contribution in [1.29, 1.82) is 0 Å². The van der Waals surface area contributed by atoms with E-state index in [2.05, 4.69) is 19.2 Å². The Labute approximate surface area is 116 Å². The molecule has 0 aromatic rings. The molecular formula is C14H28N2O3. The van der Waals surface area contributed by atoms with Crippen molar-refractivity contribution in [1.82, 2.24) is 10.2 Å². The van der Waals surface area contributed by atoms with Gasteiger partial charge in [0.1, 0.15) is 0 Å². The first-order valence-electron chi connectivity index (χ1n) is 7.11. The number of hydrogen-bond donors (Lipinski definition) is 2. The maximum atomic E-state index is 11.9. The lowest BCUT2D eigenvalue weighted by Gasteiger charge is -2.23. The number of nitrogens with zero attached hydrogens (tertiary/aromatic N) is 1. The van der Waals surface area contributed by atoms with Crippen LogP contribution in [0.15, 0.2) is 0 Å². The van der Waals surface area contributed by atoms with Gasteiger partial charge in [0.15, 0.2) is 0 Å². The van der Waals surface area contributed by atoms with E-state index in [1.807, 2.05) is 13.8 Å². The summed E-state index contributed by atoms with van der Waals surface area (Å²) in [5, 5.41) is 11.5. The average molecular weight is 272 g/mol. The number of carboxylic acid groups (broad SMARTS) is 1. The molecule has 0 bridgehead atoms. The first kappa shape index (κ1) is 17.7. The summed E-state index contributed by atoms with van der Waals surface area (Å²) in [6, 6.07) is -0.0263. The van der Waals surface area contributed by atoms with Crippen LogP contribution in [0.3, 0.4) is 0 Å². The van der Waals surface area contributed by atoms with Crippen LogP contribution in [0.25, 0.3) is 0 Å². The smallest absolute Gasteiger partial charge is 0.317 e. The van der Waals surface area contributed by atoms with Crippen LogP contribution in [-0.4, -0.2) is 41.6 Å². The van der Waals surface area contributed by atoms with Gasteiger partial charge in [0.2, 0.25) is 0 Å². The SMILES string of the molecule is CCN(CC(C)C)C(=O)NCCC(C)CCC(=O)O. The molecule has 0 aromatic heterocycles. The molecule has 0 spiro atoms. The third kappa shape index (κ3) is 9.33. The fraction of sp³-hybridized carbons (Fsp3) is 0.857. The molecule has 2 amide bonds. The van der Waals surface area contributed by atoms with Crippen molar-refractivity contribution in [3.8, 4) is 0 Å². The van der Waals surface area contributed by atoms with Gasteiger partial charge in [0, 0.05) is 26.1 Å². The highest BCUT2D eigenvalue weighted by Gasteiger charge is 2.12. The minimum absolute atomic E-state index is 0.0263. The van der Waals surface area contributed by atoms with Crippen LogP contribution in [-0.2, 0) is 4.79 Å². The normalized spacial score (nSPS) is 12.3. The predicted molar refractivity (Wildman–Crippen MR) is 76.1 cm³/mol. The Kier molecular flexibility index (Phi) is 9.00. The molecule has 5 heteroatoms. The molecule has 0 aromatic carbocycles. The number of nitrogens with one attached hydrogen (secondary N) is 1. The summed E-state index contributed by atoms with van der Waals surface area (Å²) in [5.41, 5.74) is 0. The number of rotatable bonds is 9. The quantitative estimate of drug-likeness (QED) is 0.677. The monoisotopic (exact) mass is 272 g/mol. The molecule has 5 nitrogen and oxygen atoms in total. The van der Waals surface area contributed by atoms with Crippen molar-refractivity contribution < 1.29 is 14.7 Å². The van der Waals surface area contributed by atoms with Gasteiger partial charge in [-0.15, -0.1) is 0 Å². The number of amides is 2. The van der Waals surface area contributed by atoms with E-state index in [9.17, 15) is 9.59 Å². The highest BCUT2D eigenvalue weighted by Crippen LogP contribution is 2.09. The Morgan fingerprint density at radius 3 is 2.32 bits per heavy atom. The maximum absolute atomic E-state index is 11.9. The minimum atomic E-state index is -0.759. The van der Waals surface area contributed by atoms with Crippen molar-refractivity contribution in [3.63, 3.8) is 0 Å². The van der Waals surface area contributed by atoms with Crippen LogP contribution in [0.4, 0.5) is 4.79 Å². The molecule has 0 radical (unpaired) electrons. The van der Waals surface area contributed by atoms with E-state index in [4.69, 9.17) is 5.11 Å². The summed E-state index contributed by atoms with van der Waals surface area (Å²) in [5.74, 6) is 0.0155. The van der Waals surface area contributed by atoms with Gasteiger partial charge in [0.05, 0.1) is 0 Å². The van der Waals surface area contributed by atoms with Crippen molar-refractivity contribution in [2.45, 2.75) is 47.0 Å². The lowest BCUT2D eigenvalue weighted by Crippen LogP contribution is -2.42. The van der Waals surface area contributed by atoms with Crippen LogP contribution in [0.2, 0.25) is 0 Å². The number of carbonyl (C=O) groups excluding carboxylic acids is 1. The zero-order valence-electron chi connectivity index (χ0n) is 12.6. The van der Waals surface area contributed by atoms with Crippen molar-refractivity contribution in [2.24, 2.45) is 11.8 Å². The van der Waals surface area contributed by atoms with Gasteiger partial charge in [-0.3, -0.25) is 4.79 Å². The molecule has 2 N–H and O–H groups in total. The molecule has 19 heavy (non-hydrogen) atoms. The Bertz CT molecular complexity index is 280. The fourth-order valence-electron chi connectivity index (χ4n) is 1.85. The Balaban J connectivity index is 3.85. The Morgan fingerprint density at radius 2 is 1.84 bits per heavy atom. The summed E-state index contributed by atoms with van der Waals surface area (Å²) >= 11 is 0. The highest BCUT2D eigenvalue weighted by atomic mass is 16.4. The summed E-state index contributed by atoms with van der Waals surface area (Å²) in [6.07, 6.45) is 1.68. The third-order valence-corrected chi connectivity index (χ3v) is 3.02. The van der Waals surface area contributed by atoms with Gasteiger partial charge in [-0.2, -0.15) is 0 Å². The third-order valence-electron chi connectivity index (χ3n) is 3.02. The Morgan fingerprint density at radius 1 is 1.21 bits per heavy atom. The highest BCUT2D eigenvalue weighted by molar-refractivity contribution is 5.74. The summed E-state index contributed by atoms with van der Waals surface area (Å²) < 4.78 is 0. The molecule has 0 rings (SSSR count). The summed E-state index contributed by atoms with van der Waals surface area (Å²) in [6.45, 7) is 10.2. The molecule has 0 aliphatic rings. The Hall–Kier alpha value is -1.26. The van der Waals surface area contributed by atoms with Gasteiger partial charge < -0.3 is 15.3 Å². The second-order valence-electron chi connectivity index (χ2n) is 5.49. The molecule has 0 heterocycles. The molecule has 0 saturated heterocycles. The van der Waals surface area contributed by atoms with Gasteiger partial charge in [0.25, 0.3) is 0 Å². The van der Waals surface area contributed by atoms with Crippen molar-refractivity contribution >= 4 is 12.0 Å². The lowest BCUT2D eigenvalue weighted by atomic mass is 10.0. The maximum Gasteiger partial charge on any atom is 0.317 e. The van der Waals surface area contributed by atoms with E-state index >= 15 is 0 Å². The number of aliphatic carboxylic acids is 1. The van der Waals surface area contributed by atoms with E-state index in [-0.39, 0.29) is 12.5 Å². The van der Waals surface area contributed by atoms with Crippen molar-refractivity contribution in [2.75, 3.05) is 19.6 Å². The largest absolute Gasteiger partial charge is 0.481 e. The lowest BCUT2D eigenvalue weighted by molar-refractivity contribution is -0.137. The van der Waals surface area contributed by atoms with Gasteiger partial charge in [-0.25, -0.2) is 4.79 Å². The fourth-order valence-corrected chi connectivity index (χ4v) is 1.85. The minimum Gasteiger partial charge on any atom is -0.481 e. The van der Waals surface area contributed by atoms with Crippen LogP contribution >= 0.6 is 0 Å². The van der Waals surface area contributed by atoms with Gasteiger partial charge in [-0.05, 0) is 31.6 Å². The zero-order chi connectivity index (χ0) is 14.8. The standard InChI is InChI=1S/C14H28N2O3/c1-5-16(10-11(2)3)14(19)15-9-8-12(4)6-7-13(17)18/h11-12H,5-10H2,1-4H3,(H,15,19)(H,17,18). The number of carbonyl (C=O) groups is 2. The van der Waals surface area contributed by atoms with E-state index < -0.39 is 5.97 Å². The molecular weight excluding hydrogens is 244 g/mol. The second kappa shape index (κ2) is 9.64. The summed E-state index contributed by atoms with van der Waals surface area (Å²) in [7, 11) is 0. The summed E-state index contributed by atoms with van der Waals surface area (Å²) in [4.78, 5) is 24.1. The predicted octanol–water partition coefficient (Wildman–Crippen LogP) is 2.56. The average Bonchev–Trinajstić information content (AvgIpc) is 2.32. The van der Waals surface area contributed by atoms with Crippen molar-refractivity contribution in [3.05, 3.63) is 0 Å².